The van der Waals surface area contributed by atoms with Gasteiger partial charge in [-0.05, 0) is 6.92 Å². The number of hydroxylamine groups is 1. The summed E-state index contributed by atoms with van der Waals surface area (Å²) in [5.41, 5.74) is 0. The lowest BCUT2D eigenvalue weighted by atomic mass is 10.7. The highest BCUT2D eigenvalue weighted by Crippen LogP contribution is 2.14. The molecular weight excluding hydrogens is 150 g/mol. The summed E-state index contributed by atoms with van der Waals surface area (Å²) in [6, 6.07) is 0. The molecular formula is C5H9N3OS. The molecule has 1 heterocycles. The van der Waals surface area contributed by atoms with Gasteiger partial charge >= 0.3 is 0 Å². The molecule has 0 spiro atoms. The van der Waals surface area contributed by atoms with E-state index in [1.807, 2.05) is 6.92 Å². The maximum absolute atomic E-state index is 4.89. The summed E-state index contributed by atoms with van der Waals surface area (Å²) in [5.74, 6) is 0.781. The van der Waals surface area contributed by atoms with Crippen LogP contribution in [0.25, 0.3) is 0 Å². The first-order valence-electron chi connectivity index (χ1n) is 2.82. The van der Waals surface area contributed by atoms with Crippen LogP contribution in [0.2, 0.25) is 0 Å². The molecule has 0 aliphatic rings. The number of aromatic nitrogens is 2. The molecule has 0 aliphatic carbocycles. The maximum atomic E-state index is 4.89. The second kappa shape index (κ2) is 2.94. The van der Waals surface area contributed by atoms with E-state index in [-0.39, 0.29) is 0 Å². The van der Waals surface area contributed by atoms with E-state index >= 15 is 0 Å². The highest BCUT2D eigenvalue weighted by atomic mass is 32.1. The van der Waals surface area contributed by atoms with Crippen LogP contribution in [0.4, 0.5) is 5.13 Å². The lowest BCUT2D eigenvalue weighted by Crippen LogP contribution is -2.14. The quantitative estimate of drug-likeness (QED) is 0.599. The highest BCUT2D eigenvalue weighted by molar-refractivity contribution is 7.09. The molecule has 56 valence electrons. The molecule has 0 radical (unpaired) electrons. The molecule has 0 atom stereocenters. The summed E-state index contributed by atoms with van der Waals surface area (Å²) in [6.07, 6.45) is 0. The fourth-order valence-corrected chi connectivity index (χ4v) is 1.11. The van der Waals surface area contributed by atoms with E-state index in [4.69, 9.17) is 4.84 Å². The first-order chi connectivity index (χ1) is 4.74. The van der Waals surface area contributed by atoms with Crippen molar-refractivity contribution in [2.45, 2.75) is 6.92 Å². The maximum Gasteiger partial charge on any atom is 0.229 e. The number of nitrogens with zero attached hydrogens (tertiary/aromatic N) is 3. The van der Waals surface area contributed by atoms with Gasteiger partial charge in [-0.25, -0.2) is 10.0 Å². The molecule has 4 nitrogen and oxygen atoms in total. The van der Waals surface area contributed by atoms with Gasteiger partial charge in [-0.1, -0.05) is 0 Å². The first-order valence-corrected chi connectivity index (χ1v) is 3.59. The van der Waals surface area contributed by atoms with Crippen LogP contribution in [-0.4, -0.2) is 23.5 Å². The van der Waals surface area contributed by atoms with Crippen LogP contribution in [-0.2, 0) is 4.84 Å². The van der Waals surface area contributed by atoms with Crippen LogP contribution in [0.15, 0.2) is 0 Å². The van der Waals surface area contributed by atoms with Crippen LogP contribution >= 0.6 is 11.5 Å². The third kappa shape index (κ3) is 1.43. The minimum atomic E-state index is 0.778. The Morgan fingerprint density at radius 1 is 1.60 bits per heavy atom. The van der Waals surface area contributed by atoms with Crippen LogP contribution < -0.4 is 5.06 Å². The van der Waals surface area contributed by atoms with Gasteiger partial charge in [0.2, 0.25) is 5.13 Å². The minimum absolute atomic E-state index is 0.778. The van der Waals surface area contributed by atoms with Gasteiger partial charge in [-0.3, -0.25) is 4.84 Å². The molecule has 1 rings (SSSR count). The van der Waals surface area contributed by atoms with E-state index in [1.54, 1.807) is 19.2 Å². The Morgan fingerprint density at radius 2 is 2.30 bits per heavy atom. The standard InChI is InChI=1S/C5H9N3OS/c1-4-6-5(10-7-4)8(2)9-3/h1-3H3. The molecule has 5 heteroatoms. The van der Waals surface area contributed by atoms with Crippen molar-refractivity contribution < 1.29 is 4.84 Å². The van der Waals surface area contributed by atoms with Crippen molar-refractivity contribution in [2.75, 3.05) is 19.2 Å². The number of hydrogen-bond acceptors (Lipinski definition) is 5. The monoisotopic (exact) mass is 159 g/mol. The molecule has 0 aromatic carbocycles. The van der Waals surface area contributed by atoms with Gasteiger partial charge in [0.25, 0.3) is 0 Å². The molecule has 1 aromatic rings. The number of anilines is 1. The van der Waals surface area contributed by atoms with E-state index in [1.165, 1.54) is 11.5 Å². The van der Waals surface area contributed by atoms with Gasteiger partial charge in [-0.15, -0.1) is 0 Å². The molecule has 0 saturated heterocycles. The van der Waals surface area contributed by atoms with E-state index in [0.29, 0.717) is 0 Å². The van der Waals surface area contributed by atoms with Gasteiger partial charge < -0.3 is 0 Å². The van der Waals surface area contributed by atoms with Gasteiger partial charge in [0, 0.05) is 18.6 Å². The third-order valence-corrected chi connectivity index (χ3v) is 1.93. The first kappa shape index (κ1) is 7.43. The molecule has 0 aliphatic heterocycles. The Hall–Kier alpha value is -0.680. The van der Waals surface area contributed by atoms with Gasteiger partial charge in [-0.2, -0.15) is 4.37 Å². The average Bonchev–Trinajstić information content (AvgIpc) is 2.34. The average molecular weight is 159 g/mol. The van der Waals surface area contributed by atoms with Crippen molar-refractivity contribution >= 4 is 16.7 Å². The van der Waals surface area contributed by atoms with Crippen molar-refractivity contribution in [2.24, 2.45) is 0 Å². The van der Waals surface area contributed by atoms with Crippen LogP contribution in [0, 0.1) is 6.92 Å². The molecule has 0 fully saturated rings. The Kier molecular flexibility index (Phi) is 2.18. The summed E-state index contributed by atoms with van der Waals surface area (Å²) in [4.78, 5) is 8.98. The number of hydrogen-bond donors (Lipinski definition) is 0. The fraction of sp³-hybridized carbons (Fsp3) is 0.600. The molecule has 0 bridgehead atoms. The molecule has 0 saturated carbocycles. The van der Waals surface area contributed by atoms with Crippen molar-refractivity contribution in [3.63, 3.8) is 0 Å². The number of aryl methyl sites for hydroxylation is 1. The van der Waals surface area contributed by atoms with Crippen molar-refractivity contribution in [1.29, 1.82) is 0 Å². The zero-order valence-corrected chi connectivity index (χ0v) is 6.97. The van der Waals surface area contributed by atoms with Crippen LogP contribution in [0.1, 0.15) is 5.82 Å². The predicted octanol–water partition coefficient (Wildman–Crippen LogP) is 0.844. The summed E-state index contributed by atoms with van der Waals surface area (Å²) in [6.45, 7) is 1.85. The van der Waals surface area contributed by atoms with Crippen LogP contribution in [0.5, 0.6) is 0 Å². The third-order valence-electron chi connectivity index (χ3n) is 1.06. The van der Waals surface area contributed by atoms with Gasteiger partial charge in [0.15, 0.2) is 0 Å². The Balaban J connectivity index is 2.74. The minimum Gasteiger partial charge on any atom is -0.275 e. The Bertz CT molecular complexity index is 212. The lowest BCUT2D eigenvalue weighted by molar-refractivity contribution is 0.184. The van der Waals surface area contributed by atoms with Crippen LogP contribution in [0.3, 0.4) is 0 Å². The highest BCUT2D eigenvalue weighted by Gasteiger charge is 2.03. The molecule has 0 unspecified atom stereocenters. The molecule has 1 aromatic heterocycles. The van der Waals surface area contributed by atoms with Crippen molar-refractivity contribution in [3.8, 4) is 0 Å². The summed E-state index contributed by atoms with van der Waals surface area (Å²) in [7, 11) is 3.39. The normalized spacial score (nSPS) is 9.90. The summed E-state index contributed by atoms with van der Waals surface area (Å²) >= 11 is 1.32. The zero-order chi connectivity index (χ0) is 7.56. The predicted molar refractivity (Wildman–Crippen MR) is 40.1 cm³/mol. The van der Waals surface area contributed by atoms with Gasteiger partial charge in [0.1, 0.15) is 5.82 Å². The molecule has 0 N–H and O–H groups in total. The zero-order valence-electron chi connectivity index (χ0n) is 6.16. The Labute approximate surface area is 63.6 Å². The van der Waals surface area contributed by atoms with E-state index in [2.05, 4.69) is 9.36 Å². The molecule has 10 heavy (non-hydrogen) atoms. The Morgan fingerprint density at radius 3 is 2.70 bits per heavy atom. The second-order valence-corrected chi connectivity index (χ2v) is 2.53. The van der Waals surface area contributed by atoms with E-state index in [9.17, 15) is 0 Å². The fourth-order valence-electron chi connectivity index (χ4n) is 0.492. The van der Waals surface area contributed by atoms with Gasteiger partial charge in [0.05, 0.1) is 7.11 Å². The van der Waals surface area contributed by atoms with E-state index < -0.39 is 0 Å². The lowest BCUT2D eigenvalue weighted by Gasteiger charge is -2.09. The summed E-state index contributed by atoms with van der Waals surface area (Å²) in [5, 5.41) is 2.35. The van der Waals surface area contributed by atoms with Crippen molar-refractivity contribution in [1.82, 2.24) is 9.36 Å². The van der Waals surface area contributed by atoms with Crippen molar-refractivity contribution in [3.05, 3.63) is 5.82 Å². The topological polar surface area (TPSA) is 38.2 Å². The molecule has 0 amide bonds. The largest absolute Gasteiger partial charge is 0.275 e. The smallest absolute Gasteiger partial charge is 0.229 e. The van der Waals surface area contributed by atoms with E-state index in [0.717, 1.165) is 11.0 Å². The second-order valence-electron chi connectivity index (χ2n) is 1.80. The SMILES string of the molecule is CON(C)c1nc(C)ns1. The summed E-state index contributed by atoms with van der Waals surface area (Å²) < 4.78 is 3.99. The number of rotatable bonds is 2.